The van der Waals surface area contributed by atoms with E-state index in [0.29, 0.717) is 37.7 Å². The van der Waals surface area contributed by atoms with Crippen molar-refractivity contribution in [3.05, 3.63) is 59.7 Å². The summed E-state index contributed by atoms with van der Waals surface area (Å²) in [5.74, 6) is 1.48. The molecule has 0 spiro atoms. The zero-order valence-corrected chi connectivity index (χ0v) is 14.6. The van der Waals surface area contributed by atoms with E-state index >= 15 is 0 Å². The highest BCUT2D eigenvalue weighted by Crippen LogP contribution is 2.28. The Bertz CT molecular complexity index is 655. The molecule has 0 atom stereocenters. The van der Waals surface area contributed by atoms with Crippen LogP contribution in [0.25, 0.3) is 0 Å². The Balaban J connectivity index is 2.03. The summed E-state index contributed by atoms with van der Waals surface area (Å²) in [5, 5.41) is 0. The van der Waals surface area contributed by atoms with Crippen molar-refractivity contribution in [1.82, 2.24) is 4.90 Å². The standard InChI is InChI=1S/C20H25NO3/c1-4-23-18-12-11-17(13-19(18)24-5-2)14-20(22)21(3)15-16-9-7-6-8-10-16/h6-13H,4-5,14-15H2,1-3H3. The van der Waals surface area contributed by atoms with Gasteiger partial charge in [-0.2, -0.15) is 0 Å². The van der Waals surface area contributed by atoms with Gasteiger partial charge in [-0.15, -0.1) is 0 Å². The summed E-state index contributed by atoms with van der Waals surface area (Å²) in [6, 6.07) is 15.7. The first kappa shape index (κ1) is 17.9. The van der Waals surface area contributed by atoms with Crippen molar-refractivity contribution in [2.75, 3.05) is 20.3 Å². The number of ether oxygens (including phenoxy) is 2. The van der Waals surface area contributed by atoms with Gasteiger partial charge in [0.25, 0.3) is 0 Å². The third kappa shape index (κ3) is 5.01. The zero-order valence-electron chi connectivity index (χ0n) is 14.6. The Morgan fingerprint density at radius 1 is 0.917 bits per heavy atom. The normalized spacial score (nSPS) is 10.3. The molecule has 0 heterocycles. The molecule has 4 nitrogen and oxygen atoms in total. The van der Waals surface area contributed by atoms with Gasteiger partial charge in [-0.3, -0.25) is 4.79 Å². The number of carbonyl (C=O) groups is 1. The van der Waals surface area contributed by atoms with Crippen LogP contribution < -0.4 is 9.47 Å². The number of amides is 1. The minimum absolute atomic E-state index is 0.0745. The largest absolute Gasteiger partial charge is 0.490 e. The van der Waals surface area contributed by atoms with Gasteiger partial charge < -0.3 is 14.4 Å². The van der Waals surface area contributed by atoms with E-state index in [4.69, 9.17) is 9.47 Å². The molecule has 128 valence electrons. The fourth-order valence-corrected chi connectivity index (χ4v) is 2.46. The topological polar surface area (TPSA) is 38.8 Å². The quantitative estimate of drug-likeness (QED) is 0.742. The van der Waals surface area contributed by atoms with Crippen molar-refractivity contribution in [3.8, 4) is 11.5 Å². The van der Waals surface area contributed by atoms with Crippen LogP contribution in [0.2, 0.25) is 0 Å². The number of rotatable bonds is 8. The molecule has 2 rings (SSSR count). The van der Waals surface area contributed by atoms with Crippen LogP contribution >= 0.6 is 0 Å². The van der Waals surface area contributed by atoms with Crippen LogP contribution in [0.4, 0.5) is 0 Å². The number of nitrogens with zero attached hydrogens (tertiary/aromatic N) is 1. The summed E-state index contributed by atoms with van der Waals surface area (Å²) in [6.07, 6.45) is 0.343. The van der Waals surface area contributed by atoms with Crippen molar-refractivity contribution < 1.29 is 14.3 Å². The molecule has 2 aromatic carbocycles. The molecule has 0 aliphatic rings. The van der Waals surface area contributed by atoms with Gasteiger partial charge in [0.1, 0.15) is 0 Å². The van der Waals surface area contributed by atoms with E-state index < -0.39 is 0 Å². The summed E-state index contributed by atoms with van der Waals surface area (Å²) in [6.45, 7) is 5.62. The lowest BCUT2D eigenvalue weighted by atomic mass is 10.1. The molecule has 0 aromatic heterocycles. The van der Waals surface area contributed by atoms with Gasteiger partial charge >= 0.3 is 0 Å². The summed E-state index contributed by atoms with van der Waals surface area (Å²) in [5.41, 5.74) is 2.04. The highest BCUT2D eigenvalue weighted by molar-refractivity contribution is 5.78. The molecule has 2 aromatic rings. The van der Waals surface area contributed by atoms with Crippen LogP contribution in [-0.2, 0) is 17.8 Å². The lowest BCUT2D eigenvalue weighted by molar-refractivity contribution is -0.129. The molecule has 1 amide bonds. The molecule has 0 saturated heterocycles. The third-order valence-corrected chi connectivity index (χ3v) is 3.65. The van der Waals surface area contributed by atoms with E-state index in [2.05, 4.69) is 0 Å². The van der Waals surface area contributed by atoms with Crippen molar-refractivity contribution >= 4 is 5.91 Å². The van der Waals surface area contributed by atoms with Crippen LogP contribution in [0.5, 0.6) is 11.5 Å². The number of carbonyl (C=O) groups excluding carboxylic acids is 1. The molecular weight excluding hydrogens is 302 g/mol. The van der Waals surface area contributed by atoms with Gasteiger partial charge in [-0.25, -0.2) is 0 Å². The second-order valence-electron chi connectivity index (χ2n) is 5.56. The van der Waals surface area contributed by atoms with Crippen LogP contribution in [0.3, 0.4) is 0 Å². The number of hydrogen-bond acceptors (Lipinski definition) is 3. The summed E-state index contributed by atoms with van der Waals surface area (Å²) >= 11 is 0. The van der Waals surface area contributed by atoms with Crippen LogP contribution in [0.1, 0.15) is 25.0 Å². The molecule has 0 aliphatic carbocycles. The summed E-state index contributed by atoms with van der Waals surface area (Å²) in [7, 11) is 1.83. The smallest absolute Gasteiger partial charge is 0.227 e. The maximum Gasteiger partial charge on any atom is 0.227 e. The van der Waals surface area contributed by atoms with Crippen molar-refractivity contribution in [1.29, 1.82) is 0 Å². The molecule has 4 heteroatoms. The lowest BCUT2D eigenvalue weighted by Crippen LogP contribution is -2.27. The SMILES string of the molecule is CCOc1ccc(CC(=O)N(C)Cc2ccccc2)cc1OCC. The van der Waals surface area contributed by atoms with Crippen LogP contribution in [-0.4, -0.2) is 31.1 Å². The van der Waals surface area contributed by atoms with E-state index in [1.54, 1.807) is 4.90 Å². The number of likely N-dealkylation sites (N-methyl/N-ethyl adjacent to an activating group) is 1. The fraction of sp³-hybridized carbons (Fsp3) is 0.350. The average Bonchev–Trinajstić information content (AvgIpc) is 2.58. The first-order valence-corrected chi connectivity index (χ1v) is 8.30. The van der Waals surface area contributed by atoms with Gasteiger partial charge in [-0.1, -0.05) is 36.4 Å². The minimum Gasteiger partial charge on any atom is -0.490 e. The molecule has 0 radical (unpaired) electrons. The van der Waals surface area contributed by atoms with Crippen molar-refractivity contribution in [2.24, 2.45) is 0 Å². The van der Waals surface area contributed by atoms with E-state index in [9.17, 15) is 4.79 Å². The Morgan fingerprint density at radius 3 is 2.25 bits per heavy atom. The van der Waals surface area contributed by atoms with Crippen molar-refractivity contribution in [2.45, 2.75) is 26.8 Å². The van der Waals surface area contributed by atoms with Crippen LogP contribution in [0.15, 0.2) is 48.5 Å². The van der Waals surface area contributed by atoms with Crippen LogP contribution in [0, 0.1) is 0 Å². The monoisotopic (exact) mass is 327 g/mol. The zero-order chi connectivity index (χ0) is 17.4. The number of hydrogen-bond donors (Lipinski definition) is 0. The predicted molar refractivity (Wildman–Crippen MR) is 95.4 cm³/mol. The van der Waals surface area contributed by atoms with E-state index in [1.165, 1.54) is 0 Å². The molecule has 0 N–H and O–H groups in total. The number of benzene rings is 2. The summed E-state index contributed by atoms with van der Waals surface area (Å²) in [4.78, 5) is 14.2. The Labute approximate surface area is 144 Å². The predicted octanol–water partition coefficient (Wildman–Crippen LogP) is 3.69. The highest BCUT2D eigenvalue weighted by atomic mass is 16.5. The lowest BCUT2D eigenvalue weighted by Gasteiger charge is -2.18. The Hall–Kier alpha value is -2.49. The average molecular weight is 327 g/mol. The van der Waals surface area contributed by atoms with E-state index in [-0.39, 0.29) is 5.91 Å². The highest BCUT2D eigenvalue weighted by Gasteiger charge is 2.13. The van der Waals surface area contributed by atoms with Gasteiger partial charge in [0.2, 0.25) is 5.91 Å². The molecule has 0 aliphatic heterocycles. The molecule has 0 bridgehead atoms. The first-order chi connectivity index (χ1) is 11.6. The van der Waals surface area contributed by atoms with E-state index in [0.717, 1.165) is 11.1 Å². The third-order valence-electron chi connectivity index (χ3n) is 3.65. The second kappa shape index (κ2) is 8.96. The molecule has 24 heavy (non-hydrogen) atoms. The van der Waals surface area contributed by atoms with E-state index in [1.807, 2.05) is 69.4 Å². The minimum atomic E-state index is 0.0745. The Morgan fingerprint density at radius 2 is 1.58 bits per heavy atom. The molecule has 0 saturated carbocycles. The first-order valence-electron chi connectivity index (χ1n) is 8.30. The second-order valence-corrected chi connectivity index (χ2v) is 5.56. The van der Waals surface area contributed by atoms with Gasteiger partial charge in [0.15, 0.2) is 11.5 Å². The molecular formula is C20H25NO3. The fourth-order valence-electron chi connectivity index (χ4n) is 2.46. The molecule has 0 fully saturated rings. The van der Waals surface area contributed by atoms with Gasteiger partial charge in [0, 0.05) is 13.6 Å². The van der Waals surface area contributed by atoms with Crippen molar-refractivity contribution in [3.63, 3.8) is 0 Å². The molecule has 0 unspecified atom stereocenters. The summed E-state index contributed by atoms with van der Waals surface area (Å²) < 4.78 is 11.2. The van der Waals surface area contributed by atoms with Gasteiger partial charge in [-0.05, 0) is 37.1 Å². The maximum absolute atomic E-state index is 12.5. The maximum atomic E-state index is 12.5. The Kier molecular flexibility index (Phi) is 6.67. The van der Waals surface area contributed by atoms with Gasteiger partial charge in [0.05, 0.1) is 19.6 Å².